The van der Waals surface area contributed by atoms with Crippen molar-refractivity contribution in [1.82, 2.24) is 20.2 Å². The van der Waals surface area contributed by atoms with Gasteiger partial charge in [-0.1, -0.05) is 6.92 Å². The van der Waals surface area contributed by atoms with Gasteiger partial charge in [0.2, 0.25) is 0 Å². The van der Waals surface area contributed by atoms with Crippen LogP contribution in [0.4, 0.5) is 8.78 Å². The summed E-state index contributed by atoms with van der Waals surface area (Å²) < 4.78 is 27.5. The van der Waals surface area contributed by atoms with Crippen molar-refractivity contribution in [2.75, 3.05) is 0 Å². The van der Waals surface area contributed by atoms with Gasteiger partial charge in [-0.3, -0.25) is 14.8 Å². The summed E-state index contributed by atoms with van der Waals surface area (Å²) in [5.74, 6) is 2.97. The Kier molecular flexibility index (Phi) is 4.23. The predicted octanol–water partition coefficient (Wildman–Crippen LogP) is -0.344. The lowest BCUT2D eigenvalue weighted by atomic mass is 10.5. The van der Waals surface area contributed by atoms with Crippen LogP contribution in [0.15, 0.2) is 9.95 Å². The molecular formula is C7H11F2N5O2S. The second-order valence-electron chi connectivity index (χ2n) is 3.06. The molecule has 7 nitrogen and oxygen atoms in total. The van der Waals surface area contributed by atoms with Gasteiger partial charge in [0.15, 0.2) is 5.16 Å². The van der Waals surface area contributed by atoms with Crippen molar-refractivity contribution in [3.8, 4) is 0 Å². The van der Waals surface area contributed by atoms with Crippen LogP contribution in [-0.2, 0) is 11.3 Å². The molecule has 1 amide bonds. The third kappa shape index (κ3) is 3.03. The quantitative estimate of drug-likeness (QED) is 0.293. The Balaban J connectivity index is 2.95. The number of hydrogen-bond donors (Lipinski definition) is 3. The zero-order valence-corrected chi connectivity index (χ0v) is 9.68. The SMILES string of the molecule is CCCn1c(SC(F)(F)C(=O)NN)n[nH]c1=O. The lowest BCUT2D eigenvalue weighted by Gasteiger charge is -2.12. The molecule has 0 unspecified atom stereocenters. The first-order chi connectivity index (χ1) is 7.92. The highest BCUT2D eigenvalue weighted by molar-refractivity contribution is 8.00. The number of aromatic nitrogens is 3. The minimum atomic E-state index is -3.79. The molecule has 1 rings (SSSR count). The first-order valence-electron chi connectivity index (χ1n) is 4.65. The van der Waals surface area contributed by atoms with Crippen LogP contribution in [-0.4, -0.2) is 25.9 Å². The fraction of sp³-hybridized carbons (Fsp3) is 0.571. The van der Waals surface area contributed by atoms with Crippen molar-refractivity contribution in [2.24, 2.45) is 5.84 Å². The number of alkyl halides is 2. The number of rotatable bonds is 5. The Labute approximate surface area is 98.7 Å². The van der Waals surface area contributed by atoms with Crippen molar-refractivity contribution < 1.29 is 13.6 Å². The highest BCUT2D eigenvalue weighted by atomic mass is 32.2. The van der Waals surface area contributed by atoms with E-state index in [-0.39, 0.29) is 23.5 Å². The Hall–Kier alpha value is -1.42. The van der Waals surface area contributed by atoms with Crippen LogP contribution in [0.3, 0.4) is 0 Å². The van der Waals surface area contributed by atoms with Crippen molar-refractivity contribution in [2.45, 2.75) is 30.3 Å². The Morgan fingerprint density at radius 1 is 1.71 bits per heavy atom. The lowest BCUT2D eigenvalue weighted by molar-refractivity contribution is -0.134. The molecule has 17 heavy (non-hydrogen) atoms. The Bertz CT molecular complexity index is 457. The topological polar surface area (TPSA) is 106 Å². The van der Waals surface area contributed by atoms with Gasteiger partial charge in [-0.25, -0.2) is 15.7 Å². The molecule has 10 heteroatoms. The summed E-state index contributed by atoms with van der Waals surface area (Å²) in [4.78, 5) is 22.0. The molecule has 0 saturated carbocycles. The number of halogens is 2. The second kappa shape index (κ2) is 5.27. The van der Waals surface area contributed by atoms with Gasteiger partial charge in [-0.2, -0.15) is 8.78 Å². The van der Waals surface area contributed by atoms with E-state index in [9.17, 15) is 18.4 Å². The molecular weight excluding hydrogens is 256 g/mol. The molecule has 0 aliphatic heterocycles. The molecule has 4 N–H and O–H groups in total. The lowest BCUT2D eigenvalue weighted by Crippen LogP contribution is -2.42. The number of hydrazine groups is 1. The molecule has 0 aromatic carbocycles. The van der Waals surface area contributed by atoms with E-state index in [4.69, 9.17) is 0 Å². The molecule has 96 valence electrons. The molecule has 1 aromatic heterocycles. The summed E-state index contributed by atoms with van der Waals surface area (Å²) >= 11 is -0.139. The van der Waals surface area contributed by atoms with E-state index < -0.39 is 16.9 Å². The number of carbonyl (C=O) groups is 1. The van der Waals surface area contributed by atoms with Crippen molar-refractivity contribution in [1.29, 1.82) is 0 Å². The van der Waals surface area contributed by atoms with Gasteiger partial charge < -0.3 is 0 Å². The number of nitrogens with zero attached hydrogens (tertiary/aromatic N) is 2. The molecule has 0 radical (unpaired) electrons. The van der Waals surface area contributed by atoms with Crippen LogP contribution < -0.4 is 17.0 Å². The van der Waals surface area contributed by atoms with Crippen LogP contribution in [0.5, 0.6) is 0 Å². The first-order valence-corrected chi connectivity index (χ1v) is 5.47. The van der Waals surface area contributed by atoms with Gasteiger partial charge in [0.1, 0.15) is 0 Å². The average molecular weight is 267 g/mol. The fourth-order valence-corrected chi connectivity index (χ4v) is 1.80. The Morgan fingerprint density at radius 3 is 2.88 bits per heavy atom. The van der Waals surface area contributed by atoms with Gasteiger partial charge in [0.25, 0.3) is 0 Å². The van der Waals surface area contributed by atoms with Crippen LogP contribution in [0.2, 0.25) is 0 Å². The number of nitrogens with two attached hydrogens (primary N) is 1. The van der Waals surface area contributed by atoms with Crippen LogP contribution in [0, 0.1) is 0 Å². The molecule has 0 aliphatic rings. The fourth-order valence-electron chi connectivity index (χ4n) is 1.05. The smallest absolute Gasteiger partial charge is 0.288 e. The number of H-pyrrole nitrogens is 1. The van der Waals surface area contributed by atoms with Crippen molar-refractivity contribution in [3.63, 3.8) is 0 Å². The van der Waals surface area contributed by atoms with E-state index in [1.165, 1.54) is 5.43 Å². The zero-order valence-electron chi connectivity index (χ0n) is 8.87. The number of carbonyl (C=O) groups excluding carboxylic acids is 1. The van der Waals surface area contributed by atoms with E-state index >= 15 is 0 Å². The van der Waals surface area contributed by atoms with Gasteiger partial charge in [0, 0.05) is 6.54 Å². The van der Waals surface area contributed by atoms with Gasteiger partial charge in [0.05, 0.1) is 0 Å². The number of amides is 1. The molecule has 1 aromatic rings. The summed E-state index contributed by atoms with van der Waals surface area (Å²) in [5.41, 5.74) is 0.750. The summed E-state index contributed by atoms with van der Waals surface area (Å²) in [5, 5.41) is 1.42. The summed E-state index contributed by atoms with van der Waals surface area (Å²) in [6, 6.07) is 0. The number of aromatic amines is 1. The molecule has 0 saturated heterocycles. The largest absolute Gasteiger partial charge is 0.379 e. The van der Waals surface area contributed by atoms with Crippen LogP contribution >= 0.6 is 11.8 Å². The minimum Gasteiger partial charge on any atom is -0.288 e. The molecule has 1 heterocycles. The maximum absolute atomic E-state index is 13.2. The maximum Gasteiger partial charge on any atom is 0.379 e. The number of hydrogen-bond acceptors (Lipinski definition) is 5. The summed E-state index contributed by atoms with van der Waals surface area (Å²) in [6.45, 7) is 2.01. The summed E-state index contributed by atoms with van der Waals surface area (Å²) in [7, 11) is 0. The predicted molar refractivity (Wildman–Crippen MR) is 56.3 cm³/mol. The van der Waals surface area contributed by atoms with E-state index in [1.54, 1.807) is 6.92 Å². The monoisotopic (exact) mass is 267 g/mol. The van der Waals surface area contributed by atoms with Gasteiger partial charge in [-0.15, -0.1) is 5.10 Å². The van der Waals surface area contributed by atoms with Gasteiger partial charge >= 0.3 is 16.9 Å². The second-order valence-corrected chi connectivity index (χ2v) is 4.14. The average Bonchev–Trinajstić information content (AvgIpc) is 2.60. The van der Waals surface area contributed by atoms with Crippen LogP contribution in [0.25, 0.3) is 0 Å². The normalized spacial score (nSPS) is 11.5. The third-order valence-corrected chi connectivity index (χ3v) is 2.72. The zero-order chi connectivity index (χ0) is 13.1. The van der Waals surface area contributed by atoms with E-state index in [2.05, 4.69) is 10.9 Å². The maximum atomic E-state index is 13.2. The third-order valence-electron chi connectivity index (χ3n) is 1.79. The standard InChI is InChI=1S/C7H11F2N5O2S/c1-2-3-14-5(16)12-13-6(14)17-7(8,9)4(15)11-10/h2-3,10H2,1H3,(H,11,15)(H,12,16). The van der Waals surface area contributed by atoms with E-state index in [1.807, 2.05) is 5.10 Å². The number of thioether (sulfide) groups is 1. The van der Waals surface area contributed by atoms with E-state index in [0.29, 0.717) is 6.42 Å². The van der Waals surface area contributed by atoms with E-state index in [0.717, 1.165) is 4.57 Å². The molecule has 0 spiro atoms. The first kappa shape index (κ1) is 13.6. The van der Waals surface area contributed by atoms with Crippen molar-refractivity contribution >= 4 is 17.7 Å². The highest BCUT2D eigenvalue weighted by Gasteiger charge is 2.41. The minimum absolute atomic E-state index is 0.139. The molecule has 0 fully saturated rings. The Morgan fingerprint density at radius 2 is 2.35 bits per heavy atom. The van der Waals surface area contributed by atoms with Crippen LogP contribution in [0.1, 0.15) is 13.3 Å². The molecule has 0 aliphatic carbocycles. The molecule has 0 bridgehead atoms. The summed E-state index contributed by atoms with van der Waals surface area (Å²) in [6.07, 6.45) is 0.571. The highest BCUT2D eigenvalue weighted by Crippen LogP contribution is 2.34. The van der Waals surface area contributed by atoms with Crippen molar-refractivity contribution in [3.05, 3.63) is 10.5 Å². The van der Waals surface area contributed by atoms with Gasteiger partial charge in [-0.05, 0) is 18.2 Å². The molecule has 0 atom stereocenters. The number of nitrogens with one attached hydrogen (secondary N) is 2.